The van der Waals surface area contributed by atoms with Gasteiger partial charge in [-0.3, -0.25) is 9.59 Å². The Morgan fingerprint density at radius 1 is 1.17 bits per heavy atom. The van der Waals surface area contributed by atoms with Crippen LogP contribution < -0.4 is 5.32 Å². The van der Waals surface area contributed by atoms with Gasteiger partial charge >= 0.3 is 5.97 Å². The van der Waals surface area contributed by atoms with Gasteiger partial charge in [-0.2, -0.15) is 0 Å². The van der Waals surface area contributed by atoms with Crippen LogP contribution in [0.3, 0.4) is 0 Å². The number of carbonyl (C=O) groups excluding carboxylic acids is 1. The number of hydrogen-bond donors (Lipinski definition) is 2. The standard InChI is InChI=1S/C8H16O2.C6H11NO/c1-2-3-4-5-6-7-8(9)10;8-6-4-2-1-3-5-7-6/h2-7H2,1H3,(H,9,10);1-5H2,(H,7,8). The number of carboxylic acid groups (broad SMARTS) is 1. The molecule has 0 saturated carbocycles. The lowest BCUT2D eigenvalue weighted by molar-refractivity contribution is -0.137. The van der Waals surface area contributed by atoms with Crippen LogP contribution in [0.1, 0.15) is 71.1 Å². The van der Waals surface area contributed by atoms with Gasteiger partial charge in [0.2, 0.25) is 5.91 Å². The minimum Gasteiger partial charge on any atom is -0.481 e. The number of amides is 1. The average molecular weight is 257 g/mol. The van der Waals surface area contributed by atoms with Crippen molar-refractivity contribution in [3.63, 3.8) is 0 Å². The Morgan fingerprint density at radius 2 is 1.89 bits per heavy atom. The molecule has 2 N–H and O–H groups in total. The van der Waals surface area contributed by atoms with Crippen molar-refractivity contribution in [2.75, 3.05) is 6.54 Å². The van der Waals surface area contributed by atoms with Crippen LogP contribution in [0.15, 0.2) is 0 Å². The molecule has 1 saturated heterocycles. The zero-order chi connectivity index (χ0) is 13.6. The molecule has 0 bridgehead atoms. The molecule has 1 fully saturated rings. The van der Waals surface area contributed by atoms with Gasteiger partial charge in [-0.05, 0) is 19.3 Å². The lowest BCUT2D eigenvalue weighted by Crippen LogP contribution is -2.21. The number of hydrogen-bond acceptors (Lipinski definition) is 2. The van der Waals surface area contributed by atoms with Crippen molar-refractivity contribution in [2.45, 2.75) is 71.1 Å². The second-order valence-corrected chi connectivity index (χ2v) is 4.72. The summed E-state index contributed by atoms with van der Waals surface area (Å²) in [5, 5.41) is 11.1. The summed E-state index contributed by atoms with van der Waals surface area (Å²) in [5.41, 5.74) is 0. The van der Waals surface area contributed by atoms with E-state index < -0.39 is 5.97 Å². The van der Waals surface area contributed by atoms with Crippen LogP contribution in [-0.2, 0) is 9.59 Å². The summed E-state index contributed by atoms with van der Waals surface area (Å²) in [6.07, 6.45) is 10.1. The third-order valence-electron chi connectivity index (χ3n) is 2.90. The van der Waals surface area contributed by atoms with E-state index in [4.69, 9.17) is 5.11 Å². The van der Waals surface area contributed by atoms with Crippen molar-refractivity contribution in [1.82, 2.24) is 5.32 Å². The van der Waals surface area contributed by atoms with Crippen LogP contribution in [0.2, 0.25) is 0 Å². The van der Waals surface area contributed by atoms with E-state index in [0.717, 1.165) is 38.6 Å². The Labute approximate surface area is 110 Å². The summed E-state index contributed by atoms with van der Waals surface area (Å²) in [6, 6.07) is 0. The molecular weight excluding hydrogens is 230 g/mol. The largest absolute Gasteiger partial charge is 0.481 e. The second kappa shape index (κ2) is 12.4. The van der Waals surface area contributed by atoms with Crippen molar-refractivity contribution in [2.24, 2.45) is 0 Å². The molecule has 0 aromatic carbocycles. The molecule has 106 valence electrons. The van der Waals surface area contributed by atoms with Gasteiger partial charge in [0.05, 0.1) is 0 Å². The van der Waals surface area contributed by atoms with Crippen molar-refractivity contribution in [1.29, 1.82) is 0 Å². The Hall–Kier alpha value is -1.06. The molecule has 0 aliphatic carbocycles. The third kappa shape index (κ3) is 13.0. The first-order chi connectivity index (χ1) is 8.66. The van der Waals surface area contributed by atoms with Gasteiger partial charge in [0, 0.05) is 19.4 Å². The van der Waals surface area contributed by atoms with Gasteiger partial charge in [0.1, 0.15) is 0 Å². The molecule has 1 rings (SSSR count). The average Bonchev–Trinajstić information content (AvgIpc) is 2.57. The molecule has 18 heavy (non-hydrogen) atoms. The normalized spacial score (nSPS) is 15.1. The van der Waals surface area contributed by atoms with E-state index in [1.807, 2.05) is 0 Å². The van der Waals surface area contributed by atoms with Crippen molar-refractivity contribution in [3.8, 4) is 0 Å². The summed E-state index contributed by atoms with van der Waals surface area (Å²) in [5.74, 6) is -0.445. The monoisotopic (exact) mass is 257 g/mol. The van der Waals surface area contributed by atoms with Gasteiger partial charge in [-0.1, -0.05) is 39.0 Å². The number of nitrogens with one attached hydrogen (secondary N) is 1. The zero-order valence-electron chi connectivity index (χ0n) is 11.5. The third-order valence-corrected chi connectivity index (χ3v) is 2.90. The smallest absolute Gasteiger partial charge is 0.303 e. The molecule has 1 heterocycles. The Kier molecular flexibility index (Phi) is 11.7. The van der Waals surface area contributed by atoms with Crippen LogP contribution in [0, 0.1) is 0 Å². The fourth-order valence-corrected chi connectivity index (χ4v) is 1.78. The molecule has 0 radical (unpaired) electrons. The van der Waals surface area contributed by atoms with E-state index in [2.05, 4.69) is 12.2 Å². The maximum absolute atomic E-state index is 10.6. The van der Waals surface area contributed by atoms with Crippen LogP contribution in [-0.4, -0.2) is 23.5 Å². The Bertz CT molecular complexity index is 219. The minimum absolute atomic E-state index is 0.225. The van der Waals surface area contributed by atoms with E-state index in [0.29, 0.717) is 6.42 Å². The molecule has 0 spiro atoms. The fraction of sp³-hybridized carbons (Fsp3) is 0.857. The molecular formula is C14H27NO3. The Balaban J connectivity index is 0.000000327. The lowest BCUT2D eigenvalue weighted by Gasteiger charge is -1.95. The first-order valence-corrected chi connectivity index (χ1v) is 7.15. The second-order valence-electron chi connectivity index (χ2n) is 4.72. The van der Waals surface area contributed by atoms with Gasteiger partial charge in [-0.25, -0.2) is 0 Å². The lowest BCUT2D eigenvalue weighted by atomic mass is 10.1. The van der Waals surface area contributed by atoms with E-state index in [-0.39, 0.29) is 5.91 Å². The van der Waals surface area contributed by atoms with Crippen molar-refractivity contribution in [3.05, 3.63) is 0 Å². The molecule has 4 heteroatoms. The topological polar surface area (TPSA) is 66.4 Å². The molecule has 1 aliphatic heterocycles. The van der Waals surface area contributed by atoms with Crippen molar-refractivity contribution < 1.29 is 14.7 Å². The van der Waals surface area contributed by atoms with Crippen LogP contribution in [0.4, 0.5) is 0 Å². The predicted molar refractivity (Wildman–Crippen MR) is 72.5 cm³/mol. The highest BCUT2D eigenvalue weighted by Crippen LogP contribution is 2.04. The Morgan fingerprint density at radius 3 is 2.56 bits per heavy atom. The molecule has 1 amide bonds. The molecule has 0 atom stereocenters. The van der Waals surface area contributed by atoms with Crippen molar-refractivity contribution >= 4 is 11.9 Å². The maximum atomic E-state index is 10.6. The van der Waals surface area contributed by atoms with Gasteiger partial charge < -0.3 is 10.4 Å². The first-order valence-electron chi connectivity index (χ1n) is 7.15. The maximum Gasteiger partial charge on any atom is 0.303 e. The molecule has 0 aromatic heterocycles. The van der Waals surface area contributed by atoms with E-state index in [1.165, 1.54) is 25.7 Å². The SMILES string of the molecule is CCCCCCCC(=O)O.O=C1CCCCCN1. The highest BCUT2D eigenvalue weighted by Gasteiger charge is 2.03. The van der Waals surface area contributed by atoms with Crippen LogP contribution in [0.25, 0.3) is 0 Å². The van der Waals surface area contributed by atoms with Gasteiger partial charge in [0.25, 0.3) is 0 Å². The highest BCUT2D eigenvalue weighted by molar-refractivity contribution is 5.75. The number of carbonyl (C=O) groups is 2. The minimum atomic E-state index is -0.670. The van der Waals surface area contributed by atoms with E-state index >= 15 is 0 Å². The fourth-order valence-electron chi connectivity index (χ4n) is 1.78. The number of unbranched alkanes of at least 4 members (excludes halogenated alkanes) is 4. The molecule has 0 aromatic rings. The molecule has 1 aliphatic rings. The first kappa shape index (κ1) is 16.9. The summed E-state index contributed by atoms with van der Waals surface area (Å²) in [6.45, 7) is 3.04. The molecule has 0 unspecified atom stereocenters. The summed E-state index contributed by atoms with van der Waals surface area (Å²) in [4.78, 5) is 20.6. The highest BCUT2D eigenvalue weighted by atomic mass is 16.4. The quantitative estimate of drug-likeness (QED) is 0.718. The number of rotatable bonds is 6. The number of carboxylic acids is 1. The molecule has 4 nitrogen and oxygen atoms in total. The van der Waals surface area contributed by atoms with E-state index in [1.54, 1.807) is 0 Å². The van der Waals surface area contributed by atoms with Gasteiger partial charge in [0.15, 0.2) is 0 Å². The van der Waals surface area contributed by atoms with Crippen LogP contribution >= 0.6 is 0 Å². The summed E-state index contributed by atoms with van der Waals surface area (Å²) < 4.78 is 0. The zero-order valence-corrected chi connectivity index (χ0v) is 11.5. The van der Waals surface area contributed by atoms with Gasteiger partial charge in [-0.15, -0.1) is 0 Å². The van der Waals surface area contributed by atoms with E-state index in [9.17, 15) is 9.59 Å². The number of aliphatic carboxylic acids is 1. The summed E-state index contributed by atoms with van der Waals surface area (Å²) >= 11 is 0. The summed E-state index contributed by atoms with van der Waals surface area (Å²) in [7, 11) is 0. The van der Waals surface area contributed by atoms with Crippen LogP contribution in [0.5, 0.6) is 0 Å². The predicted octanol–water partition coefficient (Wildman–Crippen LogP) is 3.11.